The summed E-state index contributed by atoms with van der Waals surface area (Å²) in [6.45, 7) is 5.45. The van der Waals surface area contributed by atoms with Crippen LogP contribution in [-0.2, 0) is 4.74 Å². The van der Waals surface area contributed by atoms with E-state index >= 15 is 0 Å². The molecule has 3 nitrogen and oxygen atoms in total. The zero-order valence-corrected chi connectivity index (χ0v) is 8.07. The van der Waals surface area contributed by atoms with E-state index in [9.17, 15) is 4.79 Å². The SMILES string of the molecule is [B]c1ccn(C(=O)OC(C)(C)C)c1. The Morgan fingerprint density at radius 1 is 1.54 bits per heavy atom. The van der Waals surface area contributed by atoms with Crippen LogP contribution in [0.5, 0.6) is 0 Å². The molecule has 0 amide bonds. The zero-order chi connectivity index (χ0) is 10.1. The first-order chi connectivity index (χ1) is 5.88. The topological polar surface area (TPSA) is 31.2 Å². The average molecular weight is 177 g/mol. The van der Waals surface area contributed by atoms with Crippen LogP contribution in [0.15, 0.2) is 18.5 Å². The van der Waals surface area contributed by atoms with Crippen molar-refractivity contribution in [3.8, 4) is 0 Å². The number of carbonyl (C=O) groups is 1. The van der Waals surface area contributed by atoms with Gasteiger partial charge < -0.3 is 4.74 Å². The summed E-state index contributed by atoms with van der Waals surface area (Å²) in [6.07, 6.45) is 2.68. The minimum atomic E-state index is -0.476. The molecule has 0 aromatic carbocycles. The number of carbonyl (C=O) groups excluding carboxylic acids is 1. The zero-order valence-electron chi connectivity index (χ0n) is 8.07. The second-order valence-electron chi connectivity index (χ2n) is 3.83. The van der Waals surface area contributed by atoms with Gasteiger partial charge >= 0.3 is 6.09 Å². The van der Waals surface area contributed by atoms with E-state index in [4.69, 9.17) is 12.6 Å². The van der Waals surface area contributed by atoms with Gasteiger partial charge in [-0.2, -0.15) is 0 Å². The highest BCUT2D eigenvalue weighted by atomic mass is 16.6. The number of hydrogen-bond donors (Lipinski definition) is 0. The molecule has 1 aromatic rings. The summed E-state index contributed by atoms with van der Waals surface area (Å²) in [7, 11) is 5.45. The number of rotatable bonds is 0. The lowest BCUT2D eigenvalue weighted by atomic mass is 10.0. The molecule has 1 rings (SSSR count). The highest BCUT2D eigenvalue weighted by molar-refractivity contribution is 6.32. The molecule has 68 valence electrons. The molecule has 2 radical (unpaired) electrons. The third kappa shape index (κ3) is 2.97. The van der Waals surface area contributed by atoms with Gasteiger partial charge in [0.25, 0.3) is 0 Å². The number of aromatic nitrogens is 1. The Bertz CT molecular complexity index is 312. The van der Waals surface area contributed by atoms with Gasteiger partial charge in [-0.3, -0.25) is 4.57 Å². The van der Waals surface area contributed by atoms with Gasteiger partial charge in [0.1, 0.15) is 13.4 Å². The lowest BCUT2D eigenvalue weighted by Gasteiger charge is -2.19. The lowest BCUT2D eigenvalue weighted by molar-refractivity contribution is 0.0537. The molecule has 1 aromatic heterocycles. The highest BCUT2D eigenvalue weighted by Gasteiger charge is 2.16. The van der Waals surface area contributed by atoms with Crippen molar-refractivity contribution < 1.29 is 9.53 Å². The maximum Gasteiger partial charge on any atom is 0.418 e. The molecule has 0 saturated carbocycles. The molecule has 0 saturated heterocycles. The fourth-order valence-corrected chi connectivity index (χ4v) is 0.841. The van der Waals surface area contributed by atoms with Gasteiger partial charge in [-0.25, -0.2) is 4.79 Å². The van der Waals surface area contributed by atoms with Crippen LogP contribution in [0.2, 0.25) is 0 Å². The van der Waals surface area contributed by atoms with Crippen LogP contribution >= 0.6 is 0 Å². The van der Waals surface area contributed by atoms with Crippen LogP contribution in [0.25, 0.3) is 0 Å². The van der Waals surface area contributed by atoms with E-state index in [1.54, 1.807) is 12.3 Å². The molecular formula is C9H12BNO2. The van der Waals surface area contributed by atoms with Crippen LogP contribution in [0.4, 0.5) is 4.79 Å². The number of hydrogen-bond acceptors (Lipinski definition) is 2. The Balaban J connectivity index is 2.70. The standard InChI is InChI=1S/C9H12BNO2/c1-9(2,3)13-8(12)11-5-4-7(10)6-11/h4-6H,1-3H3. The maximum absolute atomic E-state index is 11.4. The van der Waals surface area contributed by atoms with Crippen molar-refractivity contribution >= 4 is 19.4 Å². The molecule has 0 atom stereocenters. The van der Waals surface area contributed by atoms with Crippen LogP contribution in [0, 0.1) is 0 Å². The van der Waals surface area contributed by atoms with E-state index in [1.165, 1.54) is 10.8 Å². The van der Waals surface area contributed by atoms with Crippen molar-refractivity contribution in [2.75, 3.05) is 0 Å². The lowest BCUT2D eigenvalue weighted by Crippen LogP contribution is -2.26. The van der Waals surface area contributed by atoms with E-state index < -0.39 is 11.7 Å². The highest BCUT2D eigenvalue weighted by Crippen LogP contribution is 2.08. The average Bonchev–Trinajstić information content (AvgIpc) is 2.31. The third-order valence-electron chi connectivity index (χ3n) is 1.32. The van der Waals surface area contributed by atoms with Gasteiger partial charge in [-0.1, -0.05) is 11.5 Å². The molecule has 4 heteroatoms. The fraction of sp³-hybridized carbons (Fsp3) is 0.444. The van der Waals surface area contributed by atoms with Gasteiger partial charge in [0.05, 0.1) is 0 Å². The molecule has 1 heterocycles. The van der Waals surface area contributed by atoms with Crippen molar-refractivity contribution in [3.63, 3.8) is 0 Å². The van der Waals surface area contributed by atoms with Crippen LogP contribution in [0.1, 0.15) is 20.8 Å². The van der Waals surface area contributed by atoms with E-state index in [0.717, 1.165) is 0 Å². The van der Waals surface area contributed by atoms with Crippen molar-refractivity contribution in [1.29, 1.82) is 0 Å². The molecule has 0 aliphatic rings. The van der Waals surface area contributed by atoms with E-state index in [0.29, 0.717) is 5.46 Å². The maximum atomic E-state index is 11.4. The predicted octanol–water partition coefficient (Wildman–Crippen LogP) is 1.07. The predicted molar refractivity (Wildman–Crippen MR) is 51.5 cm³/mol. The van der Waals surface area contributed by atoms with Gasteiger partial charge in [0, 0.05) is 12.4 Å². The van der Waals surface area contributed by atoms with Crippen molar-refractivity contribution in [2.45, 2.75) is 26.4 Å². The summed E-state index contributed by atoms with van der Waals surface area (Å²) in [4.78, 5) is 11.4. The summed E-state index contributed by atoms with van der Waals surface area (Å²) < 4.78 is 6.43. The first-order valence-corrected chi connectivity index (χ1v) is 4.05. The normalized spacial score (nSPS) is 11.3. The quantitative estimate of drug-likeness (QED) is 0.555. The van der Waals surface area contributed by atoms with Gasteiger partial charge in [-0.15, -0.1) is 0 Å². The van der Waals surface area contributed by atoms with E-state index in [2.05, 4.69) is 0 Å². The molecule has 0 unspecified atom stereocenters. The van der Waals surface area contributed by atoms with Crippen molar-refractivity contribution in [2.24, 2.45) is 0 Å². The van der Waals surface area contributed by atoms with E-state index in [1.807, 2.05) is 20.8 Å². The minimum absolute atomic E-state index is 0.413. The smallest absolute Gasteiger partial charge is 0.418 e. The Kier molecular flexibility index (Phi) is 2.50. The second-order valence-corrected chi connectivity index (χ2v) is 3.83. The summed E-state index contributed by atoms with van der Waals surface area (Å²) in [6, 6.07) is 1.64. The molecule has 0 N–H and O–H groups in total. The largest absolute Gasteiger partial charge is 0.443 e. The Morgan fingerprint density at radius 2 is 2.15 bits per heavy atom. The number of ether oxygens (including phenoxy) is 1. The summed E-state index contributed by atoms with van der Waals surface area (Å²) in [5.41, 5.74) is 0.0710. The summed E-state index contributed by atoms with van der Waals surface area (Å²) in [5.74, 6) is 0. The monoisotopic (exact) mass is 177 g/mol. The summed E-state index contributed by atoms with van der Waals surface area (Å²) in [5, 5.41) is 0. The summed E-state index contributed by atoms with van der Waals surface area (Å²) >= 11 is 0. The molecule has 0 aliphatic carbocycles. The number of nitrogens with zero attached hydrogens (tertiary/aromatic N) is 1. The van der Waals surface area contributed by atoms with Gasteiger partial charge in [-0.05, 0) is 20.8 Å². The first-order valence-electron chi connectivity index (χ1n) is 4.05. The van der Waals surface area contributed by atoms with E-state index in [-0.39, 0.29) is 0 Å². The van der Waals surface area contributed by atoms with Crippen LogP contribution in [0.3, 0.4) is 0 Å². The Morgan fingerprint density at radius 3 is 2.54 bits per heavy atom. The van der Waals surface area contributed by atoms with Gasteiger partial charge in [0.2, 0.25) is 0 Å². The fourth-order valence-electron chi connectivity index (χ4n) is 0.841. The molecule has 0 fully saturated rings. The minimum Gasteiger partial charge on any atom is -0.443 e. The molecular weight excluding hydrogens is 165 g/mol. The van der Waals surface area contributed by atoms with Crippen molar-refractivity contribution in [1.82, 2.24) is 4.57 Å². The molecule has 13 heavy (non-hydrogen) atoms. The van der Waals surface area contributed by atoms with Crippen molar-refractivity contribution in [3.05, 3.63) is 18.5 Å². The molecule has 0 spiro atoms. The van der Waals surface area contributed by atoms with Crippen LogP contribution in [-0.4, -0.2) is 24.1 Å². The molecule has 0 bridgehead atoms. The Hall–Kier alpha value is -1.19. The molecule has 0 aliphatic heterocycles. The first kappa shape index (κ1) is 9.90. The second kappa shape index (κ2) is 3.28. The van der Waals surface area contributed by atoms with Crippen LogP contribution < -0.4 is 5.46 Å². The third-order valence-corrected chi connectivity index (χ3v) is 1.32. The Labute approximate surface area is 79.1 Å². The van der Waals surface area contributed by atoms with Gasteiger partial charge in [0.15, 0.2) is 0 Å².